The number of piperidine rings is 5. The van der Waals surface area contributed by atoms with E-state index < -0.39 is 30.9 Å². The molecule has 3 N–H and O–H groups in total. The SMILES string of the molecule is COc1cc(N2CCC(N3CCC(CN4CCCC5(CCN(c6ccc7c(c6)C(=O)N(C6CCC(=O)NC6=O)C7=O)CC5)C4)CC3)CC2)c(-c2cnn(C)c2)cc1Nc1ncc(Br)c(Nc2ccc(-c3ccccc3)cc2P(C)(C)=O)n1. The number of anilines is 6. The zero-order valence-electron chi connectivity index (χ0n) is 47.2. The number of hydrogen-bond acceptors (Lipinski definition) is 15. The van der Waals surface area contributed by atoms with Crippen LogP contribution in [0.1, 0.15) is 84.9 Å². The van der Waals surface area contributed by atoms with Crippen molar-refractivity contribution in [3.05, 3.63) is 113 Å². The Morgan fingerprint density at radius 1 is 0.756 bits per heavy atom. The van der Waals surface area contributed by atoms with Crippen LogP contribution in [0, 0.1) is 11.3 Å². The second-order valence-electron chi connectivity index (χ2n) is 23.8. The molecule has 6 aliphatic heterocycles. The average molecular weight is 1190 g/mol. The van der Waals surface area contributed by atoms with Crippen molar-refractivity contribution in [1.82, 2.24) is 39.8 Å². The molecule has 82 heavy (non-hydrogen) atoms. The van der Waals surface area contributed by atoms with Gasteiger partial charge in [0.25, 0.3) is 11.8 Å². The highest BCUT2D eigenvalue weighted by Crippen LogP contribution is 2.45. The standard InChI is InChI=1S/C62H72BrN12O6P/c1-70-38-43(35-65-70)47-33-51(67-61-64-36-49(63)57(69-61)66-50-14-11-42(31-55(50)82(3,4)80)41-9-6-5-7-10-41)54(81-2)34-53(47)74-27-19-44(20-28-74)72-25-17-40(18-26-72)37-71-24-8-21-62(39-71)22-29-73(30-23-62)45-12-13-46-48(32-45)60(79)75(59(46)78)52-15-16-56(76)68-58(52)77/h5-7,9-14,31-36,38,40,44,52H,8,15-30,37,39H2,1-4H3,(H,68,76,77)(H2,64,66,67,69). The van der Waals surface area contributed by atoms with Crippen LogP contribution >= 0.6 is 23.1 Å². The van der Waals surface area contributed by atoms with Crippen molar-refractivity contribution in [2.24, 2.45) is 18.4 Å². The third kappa shape index (κ3) is 11.5. The van der Waals surface area contributed by atoms with Crippen LogP contribution in [0.2, 0.25) is 0 Å². The summed E-state index contributed by atoms with van der Waals surface area (Å²) >= 11 is 3.66. The molecule has 18 nitrogen and oxygen atoms in total. The molecule has 12 rings (SSSR count). The Bertz CT molecular complexity index is 3470. The number of methoxy groups -OCH3 is 1. The van der Waals surface area contributed by atoms with E-state index in [0.717, 1.165) is 134 Å². The molecule has 1 atom stereocenters. The fourth-order valence-electron chi connectivity index (χ4n) is 13.7. The molecule has 4 amide bonds. The third-order valence-electron chi connectivity index (χ3n) is 18.1. The monoisotopic (exact) mass is 1190 g/mol. The minimum absolute atomic E-state index is 0.0993. The van der Waals surface area contributed by atoms with E-state index in [-0.39, 0.29) is 24.2 Å². The Hall–Kier alpha value is -6.92. The highest BCUT2D eigenvalue weighted by Gasteiger charge is 2.46. The molecule has 428 valence electrons. The number of aryl methyl sites for hydroxylation is 1. The summed E-state index contributed by atoms with van der Waals surface area (Å²) in [7, 11) is 0.919. The summed E-state index contributed by atoms with van der Waals surface area (Å²) in [6.45, 7) is 12.9. The van der Waals surface area contributed by atoms with Crippen molar-refractivity contribution in [1.29, 1.82) is 0 Å². The first-order valence-corrected chi connectivity index (χ1v) is 32.3. The molecule has 5 saturated heterocycles. The topological polar surface area (TPSA) is 190 Å². The first-order chi connectivity index (χ1) is 39.6. The molecule has 20 heteroatoms. The largest absolute Gasteiger partial charge is 0.494 e. The summed E-state index contributed by atoms with van der Waals surface area (Å²) < 4.78 is 22.3. The van der Waals surface area contributed by atoms with Crippen LogP contribution in [-0.4, -0.2) is 150 Å². The van der Waals surface area contributed by atoms with Gasteiger partial charge in [-0.25, -0.2) is 4.98 Å². The number of imide groups is 2. The van der Waals surface area contributed by atoms with E-state index in [1.165, 1.54) is 25.7 Å². The first kappa shape index (κ1) is 55.6. The summed E-state index contributed by atoms with van der Waals surface area (Å²) in [6, 6.07) is 25.4. The lowest BCUT2D eigenvalue weighted by Crippen LogP contribution is -2.54. The predicted octanol–water partition coefficient (Wildman–Crippen LogP) is 9.51. The van der Waals surface area contributed by atoms with Gasteiger partial charge < -0.3 is 39.5 Å². The van der Waals surface area contributed by atoms with Crippen molar-refractivity contribution in [2.45, 2.75) is 76.3 Å². The Kier molecular flexibility index (Phi) is 15.6. The Morgan fingerprint density at radius 2 is 1.52 bits per heavy atom. The van der Waals surface area contributed by atoms with E-state index >= 15 is 0 Å². The van der Waals surface area contributed by atoms with Crippen molar-refractivity contribution in [3.63, 3.8) is 0 Å². The third-order valence-corrected chi connectivity index (χ3v) is 20.2. The van der Waals surface area contributed by atoms with Gasteiger partial charge >= 0.3 is 0 Å². The number of benzene rings is 4. The number of aromatic nitrogens is 4. The van der Waals surface area contributed by atoms with Crippen LogP contribution in [0.5, 0.6) is 5.75 Å². The molecule has 0 bridgehead atoms. The number of amides is 4. The van der Waals surface area contributed by atoms with Crippen LogP contribution < -0.4 is 35.8 Å². The molecule has 1 unspecified atom stereocenters. The molecule has 0 aliphatic carbocycles. The molecule has 1 spiro atoms. The maximum Gasteiger partial charge on any atom is 0.262 e. The molecule has 0 saturated carbocycles. The zero-order chi connectivity index (χ0) is 56.9. The molecular weight excluding hydrogens is 1120 g/mol. The van der Waals surface area contributed by atoms with Crippen LogP contribution in [-0.2, 0) is 21.2 Å². The van der Waals surface area contributed by atoms with Gasteiger partial charge in [-0.2, -0.15) is 10.1 Å². The van der Waals surface area contributed by atoms with Gasteiger partial charge in [-0.3, -0.25) is 34.1 Å². The Balaban J connectivity index is 0.651. The summed E-state index contributed by atoms with van der Waals surface area (Å²) in [5.41, 5.74) is 8.50. The molecule has 5 fully saturated rings. The van der Waals surface area contributed by atoms with E-state index in [2.05, 4.69) is 85.8 Å². The van der Waals surface area contributed by atoms with Crippen LogP contribution in [0.3, 0.4) is 0 Å². The van der Waals surface area contributed by atoms with Gasteiger partial charge in [0.05, 0.1) is 40.3 Å². The van der Waals surface area contributed by atoms with E-state index in [9.17, 15) is 23.7 Å². The number of rotatable bonds is 14. The van der Waals surface area contributed by atoms with E-state index in [0.29, 0.717) is 50.8 Å². The summed E-state index contributed by atoms with van der Waals surface area (Å²) in [6.07, 6.45) is 15.1. The number of carbonyl (C=O) groups excluding carboxylic acids is 4. The summed E-state index contributed by atoms with van der Waals surface area (Å²) in [5.74, 6) is 0.354. The smallest absolute Gasteiger partial charge is 0.262 e. The fraction of sp³-hybridized carbons (Fsp3) is 0.435. The van der Waals surface area contributed by atoms with Gasteiger partial charge in [0.1, 0.15) is 24.8 Å². The number of nitrogens with one attached hydrogen (secondary N) is 3. The Labute approximate surface area is 487 Å². The number of fused-ring (bicyclic) bond motifs is 1. The lowest BCUT2D eigenvalue weighted by atomic mass is 9.72. The van der Waals surface area contributed by atoms with Crippen LogP contribution in [0.4, 0.5) is 34.5 Å². The molecule has 8 heterocycles. The highest BCUT2D eigenvalue weighted by molar-refractivity contribution is 9.10. The van der Waals surface area contributed by atoms with Crippen LogP contribution in [0.25, 0.3) is 22.3 Å². The van der Waals surface area contributed by atoms with Crippen molar-refractivity contribution in [3.8, 4) is 28.0 Å². The summed E-state index contributed by atoms with van der Waals surface area (Å²) in [4.78, 5) is 72.3. The molecule has 6 aliphatic rings. The van der Waals surface area contributed by atoms with Crippen molar-refractivity contribution < 1.29 is 28.5 Å². The van der Waals surface area contributed by atoms with Crippen LogP contribution in [0.15, 0.2) is 102 Å². The second kappa shape index (κ2) is 23.0. The lowest BCUT2D eigenvalue weighted by molar-refractivity contribution is -0.136. The summed E-state index contributed by atoms with van der Waals surface area (Å²) in [5, 5.41) is 14.5. The fourth-order valence-corrected chi connectivity index (χ4v) is 15.1. The molecule has 2 aromatic heterocycles. The first-order valence-electron chi connectivity index (χ1n) is 28.9. The van der Waals surface area contributed by atoms with Gasteiger partial charge in [-0.1, -0.05) is 36.4 Å². The quantitative estimate of drug-likeness (QED) is 0.0690. The minimum atomic E-state index is -2.71. The van der Waals surface area contributed by atoms with E-state index in [1.54, 1.807) is 32.7 Å². The highest BCUT2D eigenvalue weighted by atomic mass is 79.9. The molecular formula is C62H72BrN12O6P. The Morgan fingerprint density at radius 3 is 2.24 bits per heavy atom. The van der Waals surface area contributed by atoms with Gasteiger partial charge in [0, 0.05) is 105 Å². The average Bonchev–Trinajstić information content (AvgIpc) is 4.15. The van der Waals surface area contributed by atoms with Gasteiger partial charge in [-0.05, 0) is 166 Å². The van der Waals surface area contributed by atoms with Gasteiger partial charge in [0.2, 0.25) is 17.8 Å². The molecule has 0 radical (unpaired) electrons. The van der Waals surface area contributed by atoms with Gasteiger partial charge in [-0.15, -0.1) is 0 Å². The zero-order valence-corrected chi connectivity index (χ0v) is 49.7. The van der Waals surface area contributed by atoms with E-state index in [1.807, 2.05) is 72.7 Å². The van der Waals surface area contributed by atoms with E-state index in [4.69, 9.17) is 9.72 Å². The van der Waals surface area contributed by atoms with Crippen molar-refractivity contribution in [2.75, 3.05) is 99.8 Å². The maximum atomic E-state index is 13.7. The normalized spacial score (nSPS) is 20.4. The van der Waals surface area contributed by atoms with Gasteiger partial charge in [0.15, 0.2) is 0 Å². The predicted molar refractivity (Wildman–Crippen MR) is 325 cm³/mol. The lowest BCUT2D eigenvalue weighted by Gasteiger charge is -2.49. The second-order valence-corrected chi connectivity index (χ2v) is 27.8. The number of halogens is 1. The number of nitrogens with zero attached hydrogens (tertiary/aromatic N) is 9. The maximum absolute atomic E-state index is 13.7. The molecule has 6 aromatic rings. The number of hydrogen-bond donors (Lipinski definition) is 3. The number of likely N-dealkylation sites (tertiary alicyclic amines) is 2. The van der Waals surface area contributed by atoms with Crippen molar-refractivity contribution >= 4 is 86.5 Å². The number of ether oxygens (including phenoxy) is 1. The number of carbonyl (C=O) groups is 4. The minimum Gasteiger partial charge on any atom is -0.494 e. The molecule has 4 aromatic carbocycles.